The molecule has 1 amide bonds. The molecule has 98 valence electrons. The summed E-state index contributed by atoms with van der Waals surface area (Å²) in [5, 5.41) is 3.73. The van der Waals surface area contributed by atoms with Crippen molar-refractivity contribution in [1.29, 1.82) is 0 Å². The summed E-state index contributed by atoms with van der Waals surface area (Å²) >= 11 is 14.2. The van der Waals surface area contributed by atoms with E-state index in [2.05, 4.69) is 27.9 Å². The van der Waals surface area contributed by atoms with Crippen LogP contribution in [0.25, 0.3) is 0 Å². The number of nitrogens with one attached hydrogen (secondary N) is 1. The number of hydrogen-bond acceptors (Lipinski definition) is 1. The summed E-state index contributed by atoms with van der Waals surface area (Å²) in [5.41, 5.74) is 0.632. The maximum Gasteiger partial charge on any atom is 0.252 e. The van der Waals surface area contributed by atoms with Gasteiger partial charge in [-0.2, -0.15) is 0 Å². The lowest BCUT2D eigenvalue weighted by molar-refractivity contribution is 0.0947. The quantitative estimate of drug-likeness (QED) is 0.604. The summed E-state index contributed by atoms with van der Waals surface area (Å²) in [7, 11) is 0. The summed E-state index contributed by atoms with van der Waals surface area (Å²) in [6.45, 7) is 0.648. The Bertz CT molecular complexity index is 453. The lowest BCUT2D eigenvalue weighted by Crippen LogP contribution is -2.31. The first-order valence-corrected chi connectivity index (χ1v) is 7.84. The van der Waals surface area contributed by atoms with Crippen molar-refractivity contribution in [2.45, 2.75) is 24.6 Å². The molecule has 1 aromatic rings. The molecule has 18 heavy (non-hydrogen) atoms. The monoisotopic (exact) mass is 397 g/mol. The summed E-state index contributed by atoms with van der Waals surface area (Å²) in [6, 6.07) is 5.33. The standard InChI is InChI=1S/C13H14Cl2INO/c14-9-4-5-12(16)10(6-9)13(18)17-7-8-2-1-3-11(8)15/h4-6,8,11H,1-3,7H2,(H,17,18). The van der Waals surface area contributed by atoms with Gasteiger partial charge in [0.15, 0.2) is 0 Å². The third-order valence-electron chi connectivity index (χ3n) is 3.26. The number of carbonyl (C=O) groups is 1. The highest BCUT2D eigenvalue weighted by atomic mass is 127. The molecule has 2 unspecified atom stereocenters. The second-order valence-electron chi connectivity index (χ2n) is 4.54. The highest BCUT2D eigenvalue weighted by Gasteiger charge is 2.25. The van der Waals surface area contributed by atoms with Gasteiger partial charge in [0.2, 0.25) is 0 Å². The first kappa shape index (κ1) is 14.4. The van der Waals surface area contributed by atoms with Gasteiger partial charge < -0.3 is 5.32 Å². The summed E-state index contributed by atoms with van der Waals surface area (Å²) in [6.07, 6.45) is 3.31. The molecule has 2 nitrogen and oxygen atoms in total. The van der Waals surface area contributed by atoms with Gasteiger partial charge in [-0.05, 0) is 59.5 Å². The molecule has 0 radical (unpaired) electrons. The molecule has 1 aliphatic rings. The van der Waals surface area contributed by atoms with Gasteiger partial charge in [-0.15, -0.1) is 11.6 Å². The van der Waals surface area contributed by atoms with Crippen molar-refractivity contribution < 1.29 is 4.79 Å². The molecule has 5 heteroatoms. The molecule has 1 saturated carbocycles. The van der Waals surface area contributed by atoms with Crippen LogP contribution < -0.4 is 5.32 Å². The first-order chi connectivity index (χ1) is 8.58. The van der Waals surface area contributed by atoms with E-state index in [-0.39, 0.29) is 11.3 Å². The summed E-state index contributed by atoms with van der Waals surface area (Å²) in [5.74, 6) is 0.324. The third-order valence-corrected chi connectivity index (χ3v) is 5.01. The van der Waals surface area contributed by atoms with E-state index in [9.17, 15) is 4.79 Å². The van der Waals surface area contributed by atoms with Crippen LogP contribution in [0.1, 0.15) is 29.6 Å². The number of rotatable bonds is 3. The average Bonchev–Trinajstić information content (AvgIpc) is 2.75. The van der Waals surface area contributed by atoms with E-state index < -0.39 is 0 Å². The molecule has 0 aromatic heterocycles. The Morgan fingerprint density at radius 2 is 2.22 bits per heavy atom. The SMILES string of the molecule is O=C(NCC1CCCC1Cl)c1cc(Cl)ccc1I. The average molecular weight is 398 g/mol. The van der Waals surface area contributed by atoms with Gasteiger partial charge in [-0.25, -0.2) is 0 Å². The van der Waals surface area contributed by atoms with Gasteiger partial charge in [0, 0.05) is 20.5 Å². The van der Waals surface area contributed by atoms with Crippen LogP contribution in [0.5, 0.6) is 0 Å². The molecule has 1 aliphatic carbocycles. The number of halogens is 3. The molecular formula is C13H14Cl2INO. The normalized spacial score (nSPS) is 23.1. The summed E-state index contributed by atoms with van der Waals surface area (Å²) in [4.78, 5) is 12.1. The Labute approximate surface area is 131 Å². The van der Waals surface area contributed by atoms with Crippen LogP contribution >= 0.6 is 45.8 Å². The van der Waals surface area contributed by atoms with Crippen molar-refractivity contribution in [1.82, 2.24) is 5.32 Å². The molecule has 2 atom stereocenters. The van der Waals surface area contributed by atoms with E-state index in [0.717, 1.165) is 22.8 Å². The minimum Gasteiger partial charge on any atom is -0.352 e. The van der Waals surface area contributed by atoms with Gasteiger partial charge in [-0.3, -0.25) is 4.79 Å². The maximum absolute atomic E-state index is 12.1. The van der Waals surface area contributed by atoms with E-state index in [1.54, 1.807) is 12.1 Å². The number of amides is 1. The molecule has 2 rings (SSSR count). The maximum atomic E-state index is 12.1. The summed E-state index contributed by atoms with van der Waals surface area (Å²) < 4.78 is 0.906. The molecule has 0 aliphatic heterocycles. The van der Waals surface area contributed by atoms with Crippen LogP contribution in [-0.2, 0) is 0 Å². The minimum atomic E-state index is -0.0716. The molecule has 1 fully saturated rings. The van der Waals surface area contributed by atoms with Crippen LogP contribution in [0.3, 0.4) is 0 Å². The van der Waals surface area contributed by atoms with Crippen LogP contribution in [-0.4, -0.2) is 17.8 Å². The number of benzene rings is 1. The molecule has 0 heterocycles. The van der Waals surface area contributed by atoms with Gasteiger partial charge in [0.05, 0.1) is 5.56 Å². The predicted octanol–water partition coefficient (Wildman–Crippen LogP) is 4.08. The third kappa shape index (κ3) is 3.52. The number of alkyl halides is 1. The number of carbonyl (C=O) groups excluding carboxylic acids is 1. The zero-order valence-corrected chi connectivity index (χ0v) is 13.4. The molecule has 0 saturated heterocycles. The van der Waals surface area contributed by atoms with E-state index >= 15 is 0 Å². The first-order valence-electron chi connectivity index (χ1n) is 5.95. The Morgan fingerprint density at radius 3 is 2.89 bits per heavy atom. The Hall–Kier alpha value is -0.000000000000000111. The molecule has 1 N–H and O–H groups in total. The van der Waals surface area contributed by atoms with Crippen molar-refractivity contribution in [2.75, 3.05) is 6.54 Å². The van der Waals surface area contributed by atoms with Crippen LogP contribution in [0.15, 0.2) is 18.2 Å². The largest absolute Gasteiger partial charge is 0.352 e. The van der Waals surface area contributed by atoms with Crippen molar-refractivity contribution in [3.8, 4) is 0 Å². The van der Waals surface area contributed by atoms with E-state index in [1.165, 1.54) is 0 Å². The fourth-order valence-corrected chi connectivity index (χ4v) is 3.33. The molecule has 1 aromatic carbocycles. The van der Waals surface area contributed by atoms with Gasteiger partial charge in [0.1, 0.15) is 0 Å². The van der Waals surface area contributed by atoms with Crippen molar-refractivity contribution >= 4 is 51.7 Å². The van der Waals surface area contributed by atoms with Crippen LogP contribution in [0.2, 0.25) is 5.02 Å². The predicted molar refractivity (Wildman–Crippen MR) is 83.5 cm³/mol. The minimum absolute atomic E-state index is 0.0716. The highest BCUT2D eigenvalue weighted by Crippen LogP contribution is 2.29. The van der Waals surface area contributed by atoms with Crippen LogP contribution in [0.4, 0.5) is 0 Å². The van der Waals surface area contributed by atoms with Gasteiger partial charge in [-0.1, -0.05) is 18.0 Å². The van der Waals surface area contributed by atoms with Crippen molar-refractivity contribution in [3.63, 3.8) is 0 Å². The lowest BCUT2D eigenvalue weighted by atomic mass is 10.1. The smallest absolute Gasteiger partial charge is 0.252 e. The van der Waals surface area contributed by atoms with Gasteiger partial charge >= 0.3 is 0 Å². The number of hydrogen-bond donors (Lipinski definition) is 1. The van der Waals surface area contributed by atoms with Crippen molar-refractivity contribution in [3.05, 3.63) is 32.4 Å². The van der Waals surface area contributed by atoms with E-state index in [0.29, 0.717) is 23.0 Å². The second kappa shape index (κ2) is 6.44. The topological polar surface area (TPSA) is 29.1 Å². The zero-order chi connectivity index (χ0) is 13.1. The Morgan fingerprint density at radius 1 is 1.44 bits per heavy atom. The highest BCUT2D eigenvalue weighted by molar-refractivity contribution is 14.1. The lowest BCUT2D eigenvalue weighted by Gasteiger charge is -2.15. The second-order valence-corrected chi connectivity index (χ2v) is 6.70. The van der Waals surface area contributed by atoms with E-state index in [4.69, 9.17) is 23.2 Å². The van der Waals surface area contributed by atoms with Crippen LogP contribution in [0, 0.1) is 9.49 Å². The zero-order valence-electron chi connectivity index (χ0n) is 9.76. The fourth-order valence-electron chi connectivity index (χ4n) is 2.21. The Balaban J connectivity index is 1.97. The Kier molecular flexibility index (Phi) is 5.15. The fraction of sp³-hybridized carbons (Fsp3) is 0.462. The molecule has 0 bridgehead atoms. The van der Waals surface area contributed by atoms with Gasteiger partial charge in [0.25, 0.3) is 5.91 Å². The van der Waals surface area contributed by atoms with E-state index in [1.807, 2.05) is 6.07 Å². The van der Waals surface area contributed by atoms with Crippen molar-refractivity contribution in [2.24, 2.45) is 5.92 Å². The molecular weight excluding hydrogens is 384 g/mol. The molecule has 0 spiro atoms.